The monoisotopic (exact) mass is 452 g/mol. The maximum Gasteiger partial charge on any atom is 0.435 e. The van der Waals surface area contributed by atoms with Crippen molar-refractivity contribution in [1.29, 1.82) is 0 Å². The molecule has 0 bridgehead atoms. The summed E-state index contributed by atoms with van der Waals surface area (Å²) >= 11 is 0. The van der Waals surface area contributed by atoms with Crippen LogP contribution < -0.4 is 4.74 Å². The van der Waals surface area contributed by atoms with Gasteiger partial charge in [0.1, 0.15) is 17.1 Å². The van der Waals surface area contributed by atoms with Gasteiger partial charge in [0, 0.05) is 36.0 Å². The molecule has 1 aliphatic carbocycles. The quantitative estimate of drug-likeness (QED) is 0.470. The van der Waals surface area contributed by atoms with Crippen molar-refractivity contribution in [2.75, 3.05) is 6.61 Å². The van der Waals surface area contributed by atoms with E-state index in [0.29, 0.717) is 30.5 Å². The molecule has 0 radical (unpaired) electrons. The van der Waals surface area contributed by atoms with Crippen molar-refractivity contribution >= 4 is 0 Å². The van der Waals surface area contributed by atoms with Gasteiger partial charge < -0.3 is 9.30 Å². The van der Waals surface area contributed by atoms with Crippen LogP contribution >= 0.6 is 0 Å². The number of nitrogens with zero attached hydrogens (tertiary/aromatic N) is 5. The van der Waals surface area contributed by atoms with Crippen molar-refractivity contribution in [2.45, 2.75) is 37.4 Å². The van der Waals surface area contributed by atoms with E-state index in [9.17, 15) is 13.2 Å². The number of pyridine rings is 1. The van der Waals surface area contributed by atoms with Gasteiger partial charge in [0.2, 0.25) is 0 Å². The second kappa shape index (κ2) is 7.43. The lowest BCUT2D eigenvalue weighted by atomic mass is 9.97. The van der Waals surface area contributed by atoms with Gasteiger partial charge in [0.25, 0.3) is 0 Å². The Morgan fingerprint density at radius 1 is 1.09 bits per heavy atom. The third kappa shape index (κ3) is 3.75. The zero-order valence-corrected chi connectivity index (χ0v) is 17.4. The van der Waals surface area contributed by atoms with Crippen LogP contribution in [0.15, 0.2) is 49.1 Å². The molecule has 0 spiro atoms. The molecule has 0 saturated heterocycles. The van der Waals surface area contributed by atoms with Crippen molar-refractivity contribution < 1.29 is 17.9 Å². The smallest absolute Gasteiger partial charge is 0.435 e. The highest BCUT2D eigenvalue weighted by atomic mass is 19.4. The maximum absolute atomic E-state index is 13.2. The summed E-state index contributed by atoms with van der Waals surface area (Å²) in [5.41, 5.74) is 2.64. The molecule has 4 aromatic rings. The molecule has 2 aliphatic rings. The van der Waals surface area contributed by atoms with E-state index in [0.717, 1.165) is 5.75 Å². The average molecular weight is 452 g/mol. The summed E-state index contributed by atoms with van der Waals surface area (Å²) < 4.78 is 47.5. The van der Waals surface area contributed by atoms with Crippen LogP contribution in [0.5, 0.6) is 5.75 Å². The number of rotatable bonds is 5. The number of benzene rings is 1. The van der Waals surface area contributed by atoms with Crippen LogP contribution in [-0.2, 0) is 12.7 Å². The molecule has 0 amide bonds. The fourth-order valence-corrected chi connectivity index (χ4v) is 4.31. The average Bonchev–Trinajstić information content (AvgIpc) is 3.20. The van der Waals surface area contributed by atoms with Gasteiger partial charge in [0.15, 0.2) is 5.69 Å². The van der Waals surface area contributed by atoms with E-state index in [2.05, 4.69) is 38.5 Å². The number of aromatic amines is 1. The molecule has 6 rings (SSSR count). The summed E-state index contributed by atoms with van der Waals surface area (Å²) in [6, 6.07) is 9.50. The molecule has 7 nitrogen and oxygen atoms in total. The summed E-state index contributed by atoms with van der Waals surface area (Å²) in [5.74, 6) is 1.83. The molecular weight excluding hydrogens is 433 g/mol. The van der Waals surface area contributed by atoms with Crippen LogP contribution in [0, 0.1) is 0 Å². The lowest BCUT2D eigenvalue weighted by molar-refractivity contribution is -0.140. The number of halogens is 3. The molecule has 1 fully saturated rings. The van der Waals surface area contributed by atoms with Crippen LogP contribution in [-0.4, -0.2) is 36.6 Å². The Hall–Kier alpha value is -3.69. The number of fused-ring (bicyclic) bond motifs is 1. The predicted octanol–water partition coefficient (Wildman–Crippen LogP) is 4.80. The molecule has 0 unspecified atom stereocenters. The van der Waals surface area contributed by atoms with Crippen molar-refractivity contribution in [2.24, 2.45) is 0 Å². The van der Waals surface area contributed by atoms with E-state index in [1.165, 1.54) is 42.3 Å². The van der Waals surface area contributed by atoms with E-state index in [4.69, 9.17) is 4.74 Å². The summed E-state index contributed by atoms with van der Waals surface area (Å²) in [4.78, 5) is 8.72. The third-order valence-electron chi connectivity index (χ3n) is 6.15. The zero-order valence-electron chi connectivity index (χ0n) is 17.4. The molecule has 1 aliphatic heterocycles. The van der Waals surface area contributed by atoms with Gasteiger partial charge in [-0.25, -0.2) is 4.98 Å². The highest BCUT2D eigenvalue weighted by molar-refractivity contribution is 5.67. The SMILES string of the molecule is FC(F)(F)c1[nH]nnc1-c1ccnc(-c2cn(C[C@@H]3COc4ccc(C5CC5)cc43)cn2)c1. The second-order valence-corrected chi connectivity index (χ2v) is 8.50. The van der Waals surface area contributed by atoms with Crippen LogP contribution in [0.1, 0.15) is 41.5 Å². The van der Waals surface area contributed by atoms with Gasteiger partial charge in [-0.1, -0.05) is 17.3 Å². The van der Waals surface area contributed by atoms with E-state index in [-0.39, 0.29) is 17.2 Å². The number of alkyl halides is 3. The molecule has 1 aromatic carbocycles. The summed E-state index contributed by atoms with van der Waals surface area (Å²) in [5, 5.41) is 8.87. The summed E-state index contributed by atoms with van der Waals surface area (Å²) in [6.07, 6.45) is 2.92. The van der Waals surface area contributed by atoms with Crippen LogP contribution in [0.25, 0.3) is 22.6 Å². The number of imidazole rings is 1. The Kier molecular flexibility index (Phi) is 4.49. The minimum Gasteiger partial charge on any atom is -0.493 e. The van der Waals surface area contributed by atoms with Gasteiger partial charge in [-0.3, -0.25) is 10.1 Å². The molecule has 168 valence electrons. The van der Waals surface area contributed by atoms with Crippen LogP contribution in [0.3, 0.4) is 0 Å². The Bertz CT molecular complexity index is 1320. The Labute approximate surface area is 186 Å². The summed E-state index contributed by atoms with van der Waals surface area (Å²) in [7, 11) is 0. The standard InChI is InChI=1S/C23H19F3N6O/c24-23(25,26)22-21(29-31-30-22)15-5-6-27-18(8-15)19-10-32(12-28-19)9-16-11-33-20-4-3-14(7-17(16)20)13-1-2-13/h3-8,10,12-13,16H,1-2,9,11H2,(H,29,30,31)/t16-/m1/s1. The Morgan fingerprint density at radius 3 is 2.79 bits per heavy atom. The molecular formula is C23H19F3N6O. The molecule has 33 heavy (non-hydrogen) atoms. The van der Waals surface area contributed by atoms with E-state index in [1.807, 2.05) is 15.9 Å². The minimum atomic E-state index is -4.58. The highest BCUT2D eigenvalue weighted by Gasteiger charge is 2.37. The molecule has 3 aromatic heterocycles. The van der Waals surface area contributed by atoms with Gasteiger partial charge in [-0.2, -0.15) is 13.2 Å². The van der Waals surface area contributed by atoms with Gasteiger partial charge in [-0.05, 0) is 42.5 Å². The zero-order chi connectivity index (χ0) is 22.6. The Morgan fingerprint density at radius 2 is 1.97 bits per heavy atom. The number of hydrogen-bond acceptors (Lipinski definition) is 5. The number of H-pyrrole nitrogens is 1. The third-order valence-corrected chi connectivity index (χ3v) is 6.15. The Balaban J connectivity index is 1.24. The van der Waals surface area contributed by atoms with E-state index >= 15 is 0 Å². The minimum absolute atomic E-state index is 0.213. The molecule has 1 N–H and O–H groups in total. The van der Waals surface area contributed by atoms with Crippen molar-refractivity contribution in [3.63, 3.8) is 0 Å². The summed E-state index contributed by atoms with van der Waals surface area (Å²) in [6.45, 7) is 1.30. The highest BCUT2D eigenvalue weighted by Crippen LogP contribution is 2.44. The van der Waals surface area contributed by atoms with Crippen molar-refractivity contribution in [3.05, 3.63) is 65.9 Å². The first-order valence-corrected chi connectivity index (χ1v) is 10.7. The fraction of sp³-hybridized carbons (Fsp3) is 0.304. The first-order chi connectivity index (χ1) is 16.0. The normalized spacial score (nSPS) is 17.7. The first-order valence-electron chi connectivity index (χ1n) is 10.7. The van der Waals surface area contributed by atoms with Crippen molar-refractivity contribution in [3.8, 4) is 28.4 Å². The lowest BCUT2D eigenvalue weighted by Crippen LogP contribution is -2.09. The predicted molar refractivity (Wildman–Crippen MR) is 112 cm³/mol. The second-order valence-electron chi connectivity index (χ2n) is 8.50. The van der Waals surface area contributed by atoms with Crippen molar-refractivity contribution in [1.82, 2.24) is 29.9 Å². The molecule has 4 heterocycles. The first kappa shape index (κ1) is 20.0. The van der Waals surface area contributed by atoms with Gasteiger partial charge in [0.05, 0.1) is 18.6 Å². The largest absolute Gasteiger partial charge is 0.493 e. The number of ether oxygens (including phenoxy) is 1. The lowest BCUT2D eigenvalue weighted by Gasteiger charge is -2.10. The number of hydrogen-bond donors (Lipinski definition) is 1. The van der Waals surface area contributed by atoms with Gasteiger partial charge in [-0.15, -0.1) is 5.10 Å². The fourth-order valence-electron chi connectivity index (χ4n) is 4.31. The van der Waals surface area contributed by atoms with E-state index < -0.39 is 11.9 Å². The van der Waals surface area contributed by atoms with Gasteiger partial charge >= 0.3 is 6.18 Å². The van der Waals surface area contributed by atoms with E-state index in [1.54, 1.807) is 6.33 Å². The number of nitrogens with one attached hydrogen (secondary N) is 1. The van der Waals surface area contributed by atoms with Crippen LogP contribution in [0.2, 0.25) is 0 Å². The topological polar surface area (TPSA) is 81.5 Å². The molecule has 1 saturated carbocycles. The molecule has 1 atom stereocenters. The maximum atomic E-state index is 13.2. The number of aromatic nitrogens is 6. The molecule has 10 heteroatoms. The van der Waals surface area contributed by atoms with Crippen LogP contribution in [0.4, 0.5) is 13.2 Å².